The van der Waals surface area contributed by atoms with E-state index in [-0.39, 0.29) is 5.82 Å². The largest absolute Gasteiger partial charge is 0.379 e. The number of morpholine rings is 1. The van der Waals surface area contributed by atoms with Crippen molar-refractivity contribution in [1.29, 1.82) is 0 Å². The predicted octanol–water partition coefficient (Wildman–Crippen LogP) is 4.06. The van der Waals surface area contributed by atoms with Gasteiger partial charge in [-0.2, -0.15) is 0 Å². The molecule has 0 unspecified atom stereocenters. The van der Waals surface area contributed by atoms with Crippen molar-refractivity contribution in [2.75, 3.05) is 52.6 Å². The van der Waals surface area contributed by atoms with E-state index in [1.54, 1.807) is 6.07 Å². The Morgan fingerprint density at radius 1 is 0.833 bits per heavy atom. The third-order valence-electron chi connectivity index (χ3n) is 5.97. The van der Waals surface area contributed by atoms with Crippen molar-refractivity contribution in [2.45, 2.75) is 26.9 Å². The number of hydrogen-bond acceptors (Lipinski definition) is 4. The summed E-state index contributed by atoms with van der Waals surface area (Å²) in [6.45, 7) is 14.2. The molecule has 0 bridgehead atoms. The van der Waals surface area contributed by atoms with Gasteiger partial charge in [-0.1, -0.05) is 44.2 Å². The Balaban J connectivity index is 1.39. The van der Waals surface area contributed by atoms with Crippen molar-refractivity contribution in [3.63, 3.8) is 0 Å². The lowest BCUT2D eigenvalue weighted by Gasteiger charge is -2.26. The lowest BCUT2D eigenvalue weighted by Crippen LogP contribution is -2.35. The average molecular weight is 412 g/mol. The number of halogens is 1. The fourth-order valence-electron chi connectivity index (χ4n) is 4.46. The van der Waals surface area contributed by atoms with Crippen molar-refractivity contribution >= 4 is 0 Å². The number of hydrogen-bond donors (Lipinski definition) is 0. The summed E-state index contributed by atoms with van der Waals surface area (Å²) >= 11 is 0. The molecule has 162 valence electrons. The van der Waals surface area contributed by atoms with E-state index >= 15 is 0 Å². The zero-order chi connectivity index (χ0) is 20.9. The summed E-state index contributed by atoms with van der Waals surface area (Å²) in [4.78, 5) is 7.37. The minimum atomic E-state index is -0.155. The molecule has 0 aliphatic carbocycles. The number of ether oxygens (including phenoxy) is 1. The van der Waals surface area contributed by atoms with Gasteiger partial charge in [-0.05, 0) is 34.7 Å². The molecule has 5 heteroatoms. The highest BCUT2D eigenvalue weighted by molar-refractivity contribution is 5.65. The van der Waals surface area contributed by atoms with Crippen molar-refractivity contribution < 1.29 is 9.13 Å². The Bertz CT molecular complexity index is 818. The molecule has 2 aliphatic heterocycles. The third-order valence-corrected chi connectivity index (χ3v) is 5.97. The molecule has 0 N–H and O–H groups in total. The Kier molecular flexibility index (Phi) is 7.16. The van der Waals surface area contributed by atoms with E-state index in [2.05, 4.69) is 52.8 Å². The summed E-state index contributed by atoms with van der Waals surface area (Å²) < 4.78 is 20.0. The lowest BCUT2D eigenvalue weighted by molar-refractivity contribution is 0.0342. The summed E-state index contributed by atoms with van der Waals surface area (Å²) in [7, 11) is 0. The van der Waals surface area contributed by atoms with E-state index in [4.69, 9.17) is 4.74 Å². The summed E-state index contributed by atoms with van der Waals surface area (Å²) in [5.74, 6) is 0.551. The first-order chi connectivity index (χ1) is 14.6. The molecule has 2 fully saturated rings. The van der Waals surface area contributed by atoms with Gasteiger partial charge in [0.2, 0.25) is 0 Å². The van der Waals surface area contributed by atoms with Gasteiger partial charge in [0.1, 0.15) is 5.82 Å². The van der Waals surface area contributed by atoms with Crippen LogP contribution in [0.3, 0.4) is 0 Å². The first-order valence-electron chi connectivity index (χ1n) is 11.2. The zero-order valence-corrected chi connectivity index (χ0v) is 18.3. The predicted molar refractivity (Wildman–Crippen MR) is 120 cm³/mol. The van der Waals surface area contributed by atoms with E-state index in [1.807, 2.05) is 12.1 Å². The quantitative estimate of drug-likeness (QED) is 0.684. The summed E-state index contributed by atoms with van der Waals surface area (Å²) in [6.07, 6.45) is 0. The van der Waals surface area contributed by atoms with Gasteiger partial charge in [0.05, 0.1) is 19.9 Å². The number of benzene rings is 2. The maximum absolute atomic E-state index is 14.6. The molecule has 0 radical (unpaired) electrons. The van der Waals surface area contributed by atoms with E-state index in [0.717, 1.165) is 76.8 Å². The maximum atomic E-state index is 14.6. The summed E-state index contributed by atoms with van der Waals surface area (Å²) in [5.41, 5.74) is 4.08. The van der Waals surface area contributed by atoms with Gasteiger partial charge in [-0.15, -0.1) is 0 Å². The molecule has 0 spiro atoms. The van der Waals surface area contributed by atoms with Crippen LogP contribution in [0.15, 0.2) is 42.5 Å². The minimum Gasteiger partial charge on any atom is -0.379 e. The summed E-state index contributed by atoms with van der Waals surface area (Å²) in [6, 6.07) is 13.9. The maximum Gasteiger partial charge on any atom is 0.131 e. The number of rotatable bonds is 7. The van der Waals surface area contributed by atoms with E-state index < -0.39 is 0 Å². The fraction of sp³-hybridized carbons (Fsp3) is 0.520. The average Bonchev–Trinajstić information content (AvgIpc) is 3.17. The van der Waals surface area contributed by atoms with Crippen LogP contribution in [0.5, 0.6) is 0 Å². The van der Waals surface area contributed by atoms with Crippen LogP contribution in [0, 0.1) is 11.7 Å². The van der Waals surface area contributed by atoms with Gasteiger partial charge in [0.15, 0.2) is 0 Å². The molecule has 2 saturated heterocycles. The van der Waals surface area contributed by atoms with Crippen LogP contribution in [0.25, 0.3) is 11.1 Å². The molecule has 0 amide bonds. The molecule has 30 heavy (non-hydrogen) atoms. The number of nitrogens with zero attached hydrogens (tertiary/aromatic N) is 3. The second-order valence-electron chi connectivity index (χ2n) is 9.06. The van der Waals surface area contributed by atoms with Crippen molar-refractivity contribution in [3.05, 3.63) is 59.4 Å². The van der Waals surface area contributed by atoms with Gasteiger partial charge in [-0.25, -0.2) is 4.39 Å². The molecule has 2 aliphatic rings. The molecular weight excluding hydrogens is 377 g/mol. The van der Waals surface area contributed by atoms with Crippen LogP contribution in [-0.2, 0) is 17.8 Å². The molecule has 2 heterocycles. The third kappa shape index (κ3) is 5.67. The topological polar surface area (TPSA) is 19.0 Å². The van der Waals surface area contributed by atoms with Crippen LogP contribution in [0.4, 0.5) is 4.39 Å². The molecule has 4 nitrogen and oxygen atoms in total. The Morgan fingerprint density at radius 2 is 1.50 bits per heavy atom. The second kappa shape index (κ2) is 10.0. The Morgan fingerprint density at radius 3 is 2.23 bits per heavy atom. The molecule has 2 aromatic carbocycles. The van der Waals surface area contributed by atoms with E-state index in [9.17, 15) is 4.39 Å². The molecule has 0 aromatic heterocycles. The first-order valence-corrected chi connectivity index (χ1v) is 11.2. The smallest absolute Gasteiger partial charge is 0.131 e. The van der Waals surface area contributed by atoms with Gasteiger partial charge in [0, 0.05) is 51.4 Å². The van der Waals surface area contributed by atoms with Crippen LogP contribution in [-0.4, -0.2) is 67.3 Å². The molecule has 0 saturated carbocycles. The minimum absolute atomic E-state index is 0.155. The van der Waals surface area contributed by atoms with Crippen LogP contribution < -0.4 is 0 Å². The van der Waals surface area contributed by atoms with Crippen molar-refractivity contribution in [3.8, 4) is 11.1 Å². The van der Waals surface area contributed by atoms with Gasteiger partial charge >= 0.3 is 0 Å². The van der Waals surface area contributed by atoms with Gasteiger partial charge < -0.3 is 4.74 Å². The van der Waals surface area contributed by atoms with Crippen molar-refractivity contribution in [1.82, 2.24) is 14.7 Å². The molecule has 4 rings (SSSR count). The molecule has 0 atom stereocenters. The zero-order valence-electron chi connectivity index (χ0n) is 18.3. The second-order valence-corrected chi connectivity index (χ2v) is 9.06. The van der Waals surface area contributed by atoms with E-state index in [0.29, 0.717) is 11.5 Å². The van der Waals surface area contributed by atoms with Gasteiger partial charge in [-0.3, -0.25) is 14.7 Å². The fourth-order valence-corrected chi connectivity index (χ4v) is 4.46. The highest BCUT2D eigenvalue weighted by atomic mass is 19.1. The standard InChI is InChI=1S/C25H34FN3O/c1-20(2)16-28-9-10-29(19-28)17-21-3-6-23(7-4-21)24-15-22(5-8-25(24)26)18-27-11-13-30-14-12-27/h3-8,15,20H,9-14,16-19H2,1-2H3. The first kappa shape index (κ1) is 21.4. The Hall–Kier alpha value is -1.79. The normalized spacial score (nSPS) is 19.1. The highest BCUT2D eigenvalue weighted by Crippen LogP contribution is 2.26. The van der Waals surface area contributed by atoms with Gasteiger partial charge in [0.25, 0.3) is 0 Å². The highest BCUT2D eigenvalue weighted by Gasteiger charge is 2.20. The molecular formula is C25H34FN3O. The molecule has 2 aromatic rings. The monoisotopic (exact) mass is 411 g/mol. The van der Waals surface area contributed by atoms with Crippen LogP contribution >= 0.6 is 0 Å². The van der Waals surface area contributed by atoms with Crippen LogP contribution in [0.2, 0.25) is 0 Å². The SMILES string of the molecule is CC(C)CN1CCN(Cc2ccc(-c3cc(CN4CCOCC4)ccc3F)cc2)C1. The lowest BCUT2D eigenvalue weighted by atomic mass is 10.0. The summed E-state index contributed by atoms with van der Waals surface area (Å²) in [5, 5.41) is 0. The Labute approximate surface area is 180 Å². The van der Waals surface area contributed by atoms with Crippen LogP contribution in [0.1, 0.15) is 25.0 Å². The van der Waals surface area contributed by atoms with E-state index in [1.165, 1.54) is 5.56 Å². The van der Waals surface area contributed by atoms with Crippen molar-refractivity contribution in [2.24, 2.45) is 5.92 Å².